The van der Waals surface area contributed by atoms with Gasteiger partial charge in [0.25, 0.3) is 0 Å². The van der Waals surface area contributed by atoms with Gasteiger partial charge in [-0.3, -0.25) is 0 Å². The highest BCUT2D eigenvalue weighted by Gasteiger charge is 2.04. The van der Waals surface area contributed by atoms with E-state index in [4.69, 9.17) is 4.42 Å². The number of nitrogens with zero attached hydrogens (tertiary/aromatic N) is 1. The van der Waals surface area contributed by atoms with E-state index in [1.807, 2.05) is 14.0 Å². The third-order valence-corrected chi connectivity index (χ3v) is 1.25. The van der Waals surface area contributed by atoms with Crippen molar-refractivity contribution in [1.29, 1.82) is 0 Å². The summed E-state index contributed by atoms with van der Waals surface area (Å²) in [5.74, 6) is 0.734. The smallest absolute Gasteiger partial charge is 0.210 e. The number of nitrogens with one attached hydrogen (secondary N) is 1. The summed E-state index contributed by atoms with van der Waals surface area (Å²) in [6.45, 7) is 1.99. The van der Waals surface area contributed by atoms with Crippen molar-refractivity contribution in [1.82, 2.24) is 10.3 Å². The largest absolute Gasteiger partial charge is 0.447 e. The van der Waals surface area contributed by atoms with Crippen molar-refractivity contribution in [3.8, 4) is 0 Å². The van der Waals surface area contributed by atoms with Crippen molar-refractivity contribution in [2.45, 2.75) is 13.0 Å². The van der Waals surface area contributed by atoms with Crippen molar-refractivity contribution < 1.29 is 4.42 Å². The summed E-state index contributed by atoms with van der Waals surface area (Å²) in [5.41, 5.74) is 0. The van der Waals surface area contributed by atoms with E-state index in [0.29, 0.717) is 0 Å². The van der Waals surface area contributed by atoms with Gasteiger partial charge in [-0.15, -0.1) is 0 Å². The van der Waals surface area contributed by atoms with Crippen LogP contribution < -0.4 is 5.32 Å². The molecule has 0 fully saturated rings. The van der Waals surface area contributed by atoms with E-state index in [-0.39, 0.29) is 6.04 Å². The molecule has 1 aromatic heterocycles. The van der Waals surface area contributed by atoms with Gasteiger partial charge in [-0.25, -0.2) is 4.98 Å². The molecule has 0 saturated carbocycles. The molecule has 9 heavy (non-hydrogen) atoms. The minimum absolute atomic E-state index is 0.208. The third kappa shape index (κ3) is 1.29. The molecule has 1 N–H and O–H groups in total. The summed E-state index contributed by atoms with van der Waals surface area (Å²) >= 11 is 0. The second-order valence-corrected chi connectivity index (χ2v) is 1.88. The molecule has 3 nitrogen and oxygen atoms in total. The Morgan fingerprint density at radius 3 is 3.00 bits per heavy atom. The van der Waals surface area contributed by atoms with Crippen LogP contribution in [0.2, 0.25) is 0 Å². The van der Waals surface area contributed by atoms with Crippen LogP contribution in [-0.2, 0) is 0 Å². The van der Waals surface area contributed by atoms with Crippen LogP contribution in [0.5, 0.6) is 0 Å². The maximum atomic E-state index is 5.01. The van der Waals surface area contributed by atoms with Gasteiger partial charge in [-0.1, -0.05) is 0 Å². The summed E-state index contributed by atoms with van der Waals surface area (Å²) in [7, 11) is 1.87. The third-order valence-electron chi connectivity index (χ3n) is 1.25. The van der Waals surface area contributed by atoms with E-state index in [1.54, 1.807) is 12.5 Å². The molecule has 1 aromatic rings. The Bertz CT molecular complexity index is 160. The van der Waals surface area contributed by atoms with Gasteiger partial charge in [0, 0.05) is 0 Å². The SMILES string of the molecule is CNC(C)c1ncco1. The predicted molar refractivity (Wildman–Crippen MR) is 34.0 cm³/mol. The van der Waals surface area contributed by atoms with Crippen LogP contribution in [0.3, 0.4) is 0 Å². The number of oxazole rings is 1. The van der Waals surface area contributed by atoms with Gasteiger partial charge in [-0.05, 0) is 14.0 Å². The molecule has 1 rings (SSSR count). The molecule has 1 heterocycles. The highest BCUT2D eigenvalue weighted by Crippen LogP contribution is 2.06. The lowest BCUT2D eigenvalue weighted by atomic mass is 10.3. The first kappa shape index (κ1) is 6.29. The number of rotatable bonds is 2. The molecule has 1 unspecified atom stereocenters. The van der Waals surface area contributed by atoms with Crippen molar-refractivity contribution in [3.05, 3.63) is 18.4 Å². The zero-order valence-corrected chi connectivity index (χ0v) is 5.59. The van der Waals surface area contributed by atoms with E-state index in [1.165, 1.54) is 0 Å². The van der Waals surface area contributed by atoms with Gasteiger partial charge < -0.3 is 9.73 Å². The first-order valence-corrected chi connectivity index (χ1v) is 2.91. The quantitative estimate of drug-likeness (QED) is 0.641. The minimum Gasteiger partial charge on any atom is -0.447 e. The van der Waals surface area contributed by atoms with Crippen LogP contribution in [0.4, 0.5) is 0 Å². The van der Waals surface area contributed by atoms with Gasteiger partial charge in [0.2, 0.25) is 5.89 Å². The topological polar surface area (TPSA) is 38.1 Å². The van der Waals surface area contributed by atoms with Crippen LogP contribution in [0.1, 0.15) is 18.9 Å². The molecule has 50 valence electrons. The summed E-state index contributed by atoms with van der Waals surface area (Å²) in [4.78, 5) is 3.96. The first-order valence-electron chi connectivity index (χ1n) is 2.91. The Hall–Kier alpha value is -0.830. The van der Waals surface area contributed by atoms with Crippen molar-refractivity contribution in [2.75, 3.05) is 7.05 Å². The van der Waals surface area contributed by atoms with Crippen LogP contribution in [-0.4, -0.2) is 12.0 Å². The second-order valence-electron chi connectivity index (χ2n) is 1.88. The molecule has 0 radical (unpaired) electrons. The molecule has 3 heteroatoms. The summed E-state index contributed by atoms with van der Waals surface area (Å²) in [6.07, 6.45) is 3.21. The van der Waals surface area contributed by atoms with E-state index >= 15 is 0 Å². The van der Waals surface area contributed by atoms with E-state index in [0.717, 1.165) is 5.89 Å². The van der Waals surface area contributed by atoms with Crippen LogP contribution in [0.15, 0.2) is 16.9 Å². The standard InChI is InChI=1S/C6H10N2O/c1-5(7-2)6-8-3-4-9-6/h3-5,7H,1-2H3. The maximum Gasteiger partial charge on any atom is 0.210 e. The second kappa shape index (κ2) is 2.64. The molecular weight excluding hydrogens is 116 g/mol. The fraction of sp³-hybridized carbons (Fsp3) is 0.500. The Morgan fingerprint density at radius 1 is 1.78 bits per heavy atom. The van der Waals surface area contributed by atoms with Crippen molar-refractivity contribution in [3.63, 3.8) is 0 Å². The van der Waals surface area contributed by atoms with Crippen LogP contribution >= 0.6 is 0 Å². The lowest BCUT2D eigenvalue weighted by molar-refractivity contribution is 0.433. The monoisotopic (exact) mass is 126 g/mol. The number of hydrogen-bond acceptors (Lipinski definition) is 3. The number of aromatic nitrogens is 1. The predicted octanol–water partition coefficient (Wildman–Crippen LogP) is 0.955. The normalized spacial score (nSPS) is 13.6. The molecule has 1 atom stereocenters. The lowest BCUT2D eigenvalue weighted by Crippen LogP contribution is -2.12. The Morgan fingerprint density at radius 2 is 2.56 bits per heavy atom. The van der Waals surface area contributed by atoms with Crippen molar-refractivity contribution >= 4 is 0 Å². The Balaban J connectivity index is 2.65. The molecule has 0 aliphatic carbocycles. The Labute approximate surface area is 54.1 Å². The van der Waals surface area contributed by atoms with Crippen molar-refractivity contribution in [2.24, 2.45) is 0 Å². The summed E-state index contributed by atoms with van der Waals surface area (Å²) in [5, 5.41) is 3.01. The highest BCUT2D eigenvalue weighted by molar-refractivity contribution is 4.86. The molecule has 0 spiro atoms. The highest BCUT2D eigenvalue weighted by atomic mass is 16.3. The van der Waals surface area contributed by atoms with Gasteiger partial charge in [0.15, 0.2) is 0 Å². The fourth-order valence-corrected chi connectivity index (χ4v) is 0.572. The van der Waals surface area contributed by atoms with Gasteiger partial charge in [0.05, 0.1) is 12.2 Å². The van der Waals surface area contributed by atoms with Gasteiger partial charge in [0.1, 0.15) is 6.26 Å². The average Bonchev–Trinajstić information content (AvgIpc) is 2.37. The molecule has 0 aromatic carbocycles. The molecular formula is C6H10N2O. The molecule has 0 bridgehead atoms. The molecule has 0 aliphatic heterocycles. The first-order chi connectivity index (χ1) is 4.34. The van der Waals surface area contributed by atoms with Gasteiger partial charge >= 0.3 is 0 Å². The van der Waals surface area contributed by atoms with Crippen LogP contribution in [0, 0.1) is 0 Å². The minimum atomic E-state index is 0.208. The molecule has 0 saturated heterocycles. The van der Waals surface area contributed by atoms with E-state index < -0.39 is 0 Å². The van der Waals surface area contributed by atoms with Crippen LogP contribution in [0.25, 0.3) is 0 Å². The van der Waals surface area contributed by atoms with E-state index in [2.05, 4.69) is 10.3 Å². The summed E-state index contributed by atoms with van der Waals surface area (Å²) in [6, 6.07) is 0.208. The summed E-state index contributed by atoms with van der Waals surface area (Å²) < 4.78 is 5.01. The molecule has 0 aliphatic rings. The Kier molecular flexibility index (Phi) is 1.85. The van der Waals surface area contributed by atoms with Gasteiger partial charge in [-0.2, -0.15) is 0 Å². The zero-order chi connectivity index (χ0) is 6.69. The maximum absolute atomic E-state index is 5.01. The lowest BCUT2D eigenvalue weighted by Gasteiger charge is -2.02. The molecule has 0 amide bonds. The van der Waals surface area contributed by atoms with E-state index in [9.17, 15) is 0 Å². The zero-order valence-electron chi connectivity index (χ0n) is 5.59. The average molecular weight is 126 g/mol. The number of hydrogen-bond donors (Lipinski definition) is 1. The fourth-order valence-electron chi connectivity index (χ4n) is 0.572.